The fourth-order valence-electron chi connectivity index (χ4n) is 1.21. The molecule has 0 spiro atoms. The highest BCUT2D eigenvalue weighted by atomic mass is 16.2. The monoisotopic (exact) mass is 198 g/mol. The van der Waals surface area contributed by atoms with Crippen LogP contribution < -0.4 is 5.73 Å². The molecule has 1 amide bonds. The Kier molecular flexibility index (Phi) is 6.21. The van der Waals surface area contributed by atoms with E-state index in [1.165, 1.54) is 0 Å². The number of amides is 1. The Hall–Kier alpha value is -0.830. The number of likely N-dealkylation sites (N-methyl/N-ethyl adjacent to an activating group) is 1. The van der Waals surface area contributed by atoms with E-state index in [2.05, 4.69) is 6.58 Å². The molecule has 0 aromatic carbocycles. The van der Waals surface area contributed by atoms with Crippen molar-refractivity contribution in [1.29, 1.82) is 0 Å². The number of carbonyl (C=O) groups is 1. The van der Waals surface area contributed by atoms with Gasteiger partial charge in [0.2, 0.25) is 5.91 Å². The molecule has 0 aromatic rings. The lowest BCUT2D eigenvalue weighted by Crippen LogP contribution is -2.34. The van der Waals surface area contributed by atoms with Gasteiger partial charge in [0.15, 0.2) is 0 Å². The van der Waals surface area contributed by atoms with E-state index in [1.807, 2.05) is 25.7 Å². The standard InChI is InChI=1S/C11H22N2O/c1-5-13(8-9(2)3)11(14)6-10(4)7-12/h10H,2,5-8,12H2,1,3-4H3. The summed E-state index contributed by atoms with van der Waals surface area (Å²) in [5.41, 5.74) is 6.49. The SMILES string of the molecule is C=C(C)CN(CC)C(=O)CC(C)CN. The second-order valence-electron chi connectivity index (χ2n) is 3.91. The highest BCUT2D eigenvalue weighted by molar-refractivity contribution is 5.76. The lowest BCUT2D eigenvalue weighted by Gasteiger charge is -2.22. The second kappa shape index (κ2) is 6.60. The van der Waals surface area contributed by atoms with Crippen molar-refractivity contribution < 1.29 is 4.79 Å². The van der Waals surface area contributed by atoms with Crippen molar-refractivity contribution in [1.82, 2.24) is 4.90 Å². The summed E-state index contributed by atoms with van der Waals surface area (Å²) in [7, 11) is 0. The molecular weight excluding hydrogens is 176 g/mol. The van der Waals surface area contributed by atoms with Gasteiger partial charge >= 0.3 is 0 Å². The van der Waals surface area contributed by atoms with Gasteiger partial charge in [0.25, 0.3) is 0 Å². The van der Waals surface area contributed by atoms with Crippen LogP contribution in [0.4, 0.5) is 0 Å². The molecule has 2 N–H and O–H groups in total. The largest absolute Gasteiger partial charge is 0.339 e. The molecule has 1 atom stereocenters. The Labute approximate surface area is 87.0 Å². The maximum Gasteiger partial charge on any atom is 0.223 e. The highest BCUT2D eigenvalue weighted by Crippen LogP contribution is 2.05. The number of carbonyl (C=O) groups excluding carboxylic acids is 1. The van der Waals surface area contributed by atoms with E-state index < -0.39 is 0 Å². The van der Waals surface area contributed by atoms with Gasteiger partial charge in [0.1, 0.15) is 0 Å². The third-order valence-electron chi connectivity index (χ3n) is 2.12. The van der Waals surface area contributed by atoms with Crippen molar-refractivity contribution >= 4 is 5.91 Å². The lowest BCUT2D eigenvalue weighted by molar-refractivity contribution is -0.131. The Morgan fingerprint density at radius 2 is 2.14 bits per heavy atom. The quantitative estimate of drug-likeness (QED) is 0.656. The summed E-state index contributed by atoms with van der Waals surface area (Å²) in [5, 5.41) is 0. The maximum absolute atomic E-state index is 11.7. The molecular formula is C11H22N2O. The maximum atomic E-state index is 11.7. The van der Waals surface area contributed by atoms with Crippen LogP contribution in [0.15, 0.2) is 12.2 Å². The Balaban J connectivity index is 4.10. The number of hydrogen-bond acceptors (Lipinski definition) is 2. The fraction of sp³-hybridized carbons (Fsp3) is 0.727. The second-order valence-corrected chi connectivity index (χ2v) is 3.91. The molecule has 0 rings (SSSR count). The minimum absolute atomic E-state index is 0.174. The van der Waals surface area contributed by atoms with Gasteiger partial charge < -0.3 is 10.6 Å². The topological polar surface area (TPSA) is 46.3 Å². The number of hydrogen-bond donors (Lipinski definition) is 1. The van der Waals surface area contributed by atoms with E-state index >= 15 is 0 Å². The first-order valence-corrected chi connectivity index (χ1v) is 5.13. The zero-order valence-corrected chi connectivity index (χ0v) is 9.55. The Bertz CT molecular complexity index is 201. The molecule has 3 heteroatoms. The van der Waals surface area contributed by atoms with E-state index in [0.717, 1.165) is 12.1 Å². The number of nitrogens with two attached hydrogens (primary N) is 1. The summed E-state index contributed by atoms with van der Waals surface area (Å²) in [6, 6.07) is 0. The van der Waals surface area contributed by atoms with Crippen LogP contribution in [0, 0.1) is 5.92 Å². The molecule has 1 unspecified atom stereocenters. The summed E-state index contributed by atoms with van der Waals surface area (Å²) in [4.78, 5) is 13.5. The van der Waals surface area contributed by atoms with E-state index in [9.17, 15) is 4.79 Å². The summed E-state index contributed by atoms with van der Waals surface area (Å²) in [6.45, 7) is 11.7. The van der Waals surface area contributed by atoms with Crippen molar-refractivity contribution in [2.45, 2.75) is 27.2 Å². The molecule has 0 heterocycles. The van der Waals surface area contributed by atoms with Crippen molar-refractivity contribution in [3.8, 4) is 0 Å². The predicted octanol–water partition coefficient (Wildman–Crippen LogP) is 1.40. The average Bonchev–Trinajstić information content (AvgIpc) is 2.13. The van der Waals surface area contributed by atoms with Gasteiger partial charge in [-0.3, -0.25) is 4.79 Å². The van der Waals surface area contributed by atoms with Crippen LogP contribution in [0.5, 0.6) is 0 Å². The molecule has 0 fully saturated rings. The molecule has 14 heavy (non-hydrogen) atoms. The summed E-state index contributed by atoms with van der Waals surface area (Å²) < 4.78 is 0. The van der Waals surface area contributed by atoms with Crippen LogP contribution >= 0.6 is 0 Å². The molecule has 3 nitrogen and oxygen atoms in total. The molecule has 0 aliphatic carbocycles. The minimum Gasteiger partial charge on any atom is -0.339 e. The predicted molar refractivity (Wildman–Crippen MR) is 59.9 cm³/mol. The number of nitrogens with zero attached hydrogens (tertiary/aromatic N) is 1. The summed E-state index contributed by atoms with van der Waals surface area (Å²) in [5.74, 6) is 0.440. The van der Waals surface area contributed by atoms with Crippen LogP contribution in [-0.4, -0.2) is 30.4 Å². The first-order valence-electron chi connectivity index (χ1n) is 5.13. The third kappa shape index (κ3) is 5.02. The first-order chi connectivity index (χ1) is 6.51. The molecule has 0 saturated heterocycles. The van der Waals surface area contributed by atoms with Gasteiger partial charge in [0.05, 0.1) is 0 Å². The van der Waals surface area contributed by atoms with Crippen LogP contribution in [-0.2, 0) is 4.79 Å². The summed E-state index contributed by atoms with van der Waals surface area (Å²) >= 11 is 0. The fourth-order valence-corrected chi connectivity index (χ4v) is 1.21. The molecule has 0 saturated carbocycles. The van der Waals surface area contributed by atoms with Crippen molar-refractivity contribution in [2.24, 2.45) is 11.7 Å². The van der Waals surface area contributed by atoms with Crippen molar-refractivity contribution in [2.75, 3.05) is 19.6 Å². The average molecular weight is 198 g/mol. The van der Waals surface area contributed by atoms with Gasteiger partial charge in [-0.1, -0.05) is 19.1 Å². The molecule has 0 aliphatic heterocycles. The minimum atomic E-state index is 0.174. The summed E-state index contributed by atoms with van der Waals surface area (Å²) in [6.07, 6.45) is 0.539. The van der Waals surface area contributed by atoms with Gasteiger partial charge in [-0.2, -0.15) is 0 Å². The van der Waals surface area contributed by atoms with Crippen LogP contribution in [0.25, 0.3) is 0 Å². The normalized spacial score (nSPS) is 12.3. The molecule has 82 valence electrons. The molecule has 0 aromatic heterocycles. The zero-order chi connectivity index (χ0) is 11.1. The molecule has 0 bridgehead atoms. The van der Waals surface area contributed by atoms with Gasteiger partial charge in [0, 0.05) is 19.5 Å². The van der Waals surface area contributed by atoms with Crippen LogP contribution in [0.1, 0.15) is 27.2 Å². The van der Waals surface area contributed by atoms with E-state index in [-0.39, 0.29) is 11.8 Å². The molecule has 0 radical (unpaired) electrons. The van der Waals surface area contributed by atoms with Gasteiger partial charge in [-0.25, -0.2) is 0 Å². The van der Waals surface area contributed by atoms with E-state index in [0.29, 0.717) is 19.5 Å². The zero-order valence-electron chi connectivity index (χ0n) is 9.55. The first kappa shape index (κ1) is 13.2. The van der Waals surface area contributed by atoms with Crippen LogP contribution in [0.2, 0.25) is 0 Å². The van der Waals surface area contributed by atoms with Gasteiger partial charge in [-0.15, -0.1) is 0 Å². The van der Waals surface area contributed by atoms with Crippen LogP contribution in [0.3, 0.4) is 0 Å². The van der Waals surface area contributed by atoms with Crippen molar-refractivity contribution in [3.63, 3.8) is 0 Å². The Morgan fingerprint density at radius 3 is 2.50 bits per heavy atom. The van der Waals surface area contributed by atoms with E-state index in [1.54, 1.807) is 0 Å². The van der Waals surface area contributed by atoms with Crippen molar-refractivity contribution in [3.05, 3.63) is 12.2 Å². The smallest absolute Gasteiger partial charge is 0.223 e. The van der Waals surface area contributed by atoms with E-state index in [4.69, 9.17) is 5.73 Å². The highest BCUT2D eigenvalue weighted by Gasteiger charge is 2.14. The molecule has 0 aliphatic rings. The lowest BCUT2D eigenvalue weighted by atomic mass is 10.1. The number of rotatable bonds is 6. The Morgan fingerprint density at radius 1 is 1.57 bits per heavy atom. The van der Waals surface area contributed by atoms with Gasteiger partial charge in [-0.05, 0) is 26.3 Å². The third-order valence-corrected chi connectivity index (χ3v) is 2.12.